The lowest BCUT2D eigenvalue weighted by atomic mass is 9.76. The van der Waals surface area contributed by atoms with Crippen LogP contribution in [0.3, 0.4) is 0 Å². The fraction of sp³-hybridized carbons (Fsp3) is 0.837. The highest BCUT2D eigenvalue weighted by molar-refractivity contribution is 6.74. The highest BCUT2D eigenvalue weighted by atomic mass is 28.4. The van der Waals surface area contributed by atoms with Gasteiger partial charge in [0.05, 0.1) is 36.9 Å². The van der Waals surface area contributed by atoms with Crippen LogP contribution in [-0.2, 0) is 43.1 Å². The molecule has 0 spiro atoms. The summed E-state index contributed by atoms with van der Waals surface area (Å²) in [7, 11) is -3.11. The lowest BCUT2D eigenvalue weighted by Crippen LogP contribution is -2.54. The van der Waals surface area contributed by atoms with E-state index >= 15 is 0 Å². The summed E-state index contributed by atoms with van der Waals surface area (Å²) in [4.78, 5) is 16.8. The van der Waals surface area contributed by atoms with E-state index in [4.69, 9.17) is 41.3 Å². The second kappa shape index (κ2) is 25.9. The van der Waals surface area contributed by atoms with Gasteiger partial charge in [-0.3, -0.25) is 4.79 Å². The minimum atomic E-state index is -2.18. The molecule has 0 aliphatic carbocycles. The highest BCUT2D eigenvalue weighted by Crippen LogP contribution is 2.42. The Bertz CT molecular complexity index is 1550. The monoisotopic (exact) mass is 972 g/mol. The molecule has 374 valence electrons. The molecule has 0 amide bonds. The van der Waals surface area contributed by atoms with Gasteiger partial charge in [0.15, 0.2) is 39.2 Å². The molecular formula is C49H97NO10Si4. The van der Waals surface area contributed by atoms with E-state index in [2.05, 4.69) is 129 Å². The van der Waals surface area contributed by atoms with E-state index in [1.807, 2.05) is 31.4 Å². The number of carbonyl (C=O) groups is 1. The first-order chi connectivity index (χ1) is 29.3. The third-order valence-corrected chi connectivity index (χ3v) is 29.0. The lowest BCUT2D eigenvalue weighted by molar-refractivity contribution is -0.139. The predicted octanol–water partition coefficient (Wildman–Crippen LogP) is 13.4. The quantitative estimate of drug-likeness (QED) is 0.0564. The Kier molecular flexibility index (Phi) is 24.6. The molecule has 0 aliphatic heterocycles. The number of aliphatic carboxylic acids is 1. The van der Waals surface area contributed by atoms with Crippen molar-refractivity contribution in [2.24, 2.45) is 11.3 Å². The Balaban J connectivity index is 3.42. The molecule has 1 aromatic heterocycles. The van der Waals surface area contributed by atoms with E-state index < -0.39 is 50.8 Å². The summed E-state index contributed by atoms with van der Waals surface area (Å²) < 4.78 is 52.1. The van der Waals surface area contributed by atoms with Crippen molar-refractivity contribution in [3.63, 3.8) is 0 Å². The van der Waals surface area contributed by atoms with Crippen LogP contribution in [0.25, 0.3) is 0 Å². The van der Waals surface area contributed by atoms with Gasteiger partial charge in [0.2, 0.25) is 0 Å². The summed E-state index contributed by atoms with van der Waals surface area (Å²) in [6, 6.07) is 3.07. The molecule has 0 bridgehead atoms. The number of nitrogens with zero attached hydrogens (tertiary/aromatic N) is 1. The Morgan fingerprint density at radius 1 is 0.781 bits per heavy atom. The maximum absolute atomic E-state index is 11.7. The van der Waals surface area contributed by atoms with Crippen LogP contribution in [0.1, 0.15) is 126 Å². The van der Waals surface area contributed by atoms with Crippen molar-refractivity contribution in [1.82, 2.24) is 4.98 Å². The molecule has 0 saturated heterocycles. The van der Waals surface area contributed by atoms with Crippen LogP contribution in [0.15, 0.2) is 35.0 Å². The molecule has 0 unspecified atom stereocenters. The average molecular weight is 973 g/mol. The molecule has 15 heteroatoms. The van der Waals surface area contributed by atoms with Gasteiger partial charge in [-0.25, -0.2) is 4.98 Å². The van der Waals surface area contributed by atoms with Crippen LogP contribution in [0.2, 0.25) is 74.0 Å². The van der Waals surface area contributed by atoms with Gasteiger partial charge in [-0.2, -0.15) is 0 Å². The number of carboxylic acids is 1. The van der Waals surface area contributed by atoms with Crippen LogP contribution in [0, 0.1) is 11.3 Å². The van der Waals surface area contributed by atoms with E-state index in [9.17, 15) is 9.90 Å². The molecule has 0 aromatic carbocycles. The smallest absolute Gasteiger partial charge is 0.305 e. The van der Waals surface area contributed by atoms with E-state index in [1.165, 1.54) is 0 Å². The van der Waals surface area contributed by atoms with Gasteiger partial charge >= 0.3 is 5.97 Å². The van der Waals surface area contributed by atoms with Crippen LogP contribution < -0.4 is 0 Å². The van der Waals surface area contributed by atoms with Crippen molar-refractivity contribution in [2.75, 3.05) is 27.9 Å². The third kappa shape index (κ3) is 19.4. The van der Waals surface area contributed by atoms with Crippen molar-refractivity contribution in [3.8, 4) is 0 Å². The highest BCUT2D eigenvalue weighted by Gasteiger charge is 2.47. The van der Waals surface area contributed by atoms with Gasteiger partial charge < -0.3 is 41.4 Å². The molecule has 1 N–H and O–H groups in total. The fourth-order valence-corrected chi connectivity index (χ4v) is 14.1. The SMILES string of the molecule is CC[Si](CC)(CC)O[C@@H](Cc1nc([C@H](C/C=C/C=C/[C@@H](C[C@@H](CC(=O)O)O[Si](C)(C)C(C)(C)C)OC)OC)co1)C(C)(C)[C@H](C[C@H](OC)[C@@H](C)CO[Si](C)(C)C(C)(C)C)O[Si](C)(C)C. The molecule has 11 nitrogen and oxygen atoms in total. The van der Waals surface area contributed by atoms with Gasteiger partial charge in [-0.15, -0.1) is 0 Å². The van der Waals surface area contributed by atoms with E-state index in [-0.39, 0.29) is 52.9 Å². The first kappa shape index (κ1) is 60.8. The zero-order valence-electron chi connectivity index (χ0n) is 44.9. The van der Waals surface area contributed by atoms with Gasteiger partial charge in [0.1, 0.15) is 18.1 Å². The minimum Gasteiger partial charge on any atom is -0.481 e. The molecule has 0 saturated carbocycles. The number of allylic oxidation sites excluding steroid dienone is 2. The molecule has 64 heavy (non-hydrogen) atoms. The van der Waals surface area contributed by atoms with Gasteiger partial charge in [-0.1, -0.05) is 107 Å². The number of oxazole rings is 1. The Labute approximate surface area is 396 Å². The number of rotatable bonds is 31. The second-order valence-corrected chi connectivity index (χ2v) is 41.4. The summed E-state index contributed by atoms with van der Waals surface area (Å²) in [5.41, 5.74) is 0.302. The van der Waals surface area contributed by atoms with Crippen LogP contribution in [0.5, 0.6) is 0 Å². The number of ether oxygens (including phenoxy) is 3. The molecule has 0 radical (unpaired) electrons. The third-order valence-electron chi connectivity index (χ3n) is 14.3. The first-order valence-corrected chi connectivity index (χ1v) is 35.8. The average Bonchev–Trinajstić information content (AvgIpc) is 3.64. The minimum absolute atomic E-state index is 0.0363. The standard InChI is InChI=1S/C49H97NO10Si4/c1-23-64(24-2,25-3)60-44(49(11,12)43(59-61(16,17)18)33-42(55-15)37(4)35-57-62(19,20)47(5,6)7)34-45-50-40(36-56-45)41(54-14)30-28-26-27-29-38(53-13)31-39(32-46(51)52)58-63(21,22)48(8,9)10/h26-29,36-39,41-44H,23-25,30-35H2,1-22H3,(H,51,52)/b28-26+,29-27+/t37-,38-,39-,41-,42-,43-,44-/m0/s1. The predicted molar refractivity (Wildman–Crippen MR) is 274 cm³/mol. The molecule has 7 atom stereocenters. The summed E-state index contributed by atoms with van der Waals surface area (Å²) in [6.45, 7) is 43.3. The summed E-state index contributed by atoms with van der Waals surface area (Å²) in [6.07, 6.45) is 10.3. The topological polar surface area (TPSA) is 128 Å². The summed E-state index contributed by atoms with van der Waals surface area (Å²) >= 11 is 0. The summed E-state index contributed by atoms with van der Waals surface area (Å²) in [5, 5.41) is 9.72. The molecule has 0 aliphatic rings. The maximum Gasteiger partial charge on any atom is 0.305 e. The second-order valence-electron chi connectivity index (χ2n) is 22.7. The van der Waals surface area contributed by atoms with E-state index in [1.54, 1.807) is 20.5 Å². The zero-order valence-corrected chi connectivity index (χ0v) is 48.9. The van der Waals surface area contributed by atoms with Crippen LogP contribution in [0.4, 0.5) is 0 Å². The molecular weight excluding hydrogens is 875 g/mol. The maximum atomic E-state index is 11.7. The molecule has 1 rings (SSSR count). The van der Waals surface area contributed by atoms with Crippen molar-refractivity contribution in [1.29, 1.82) is 0 Å². The van der Waals surface area contributed by atoms with Crippen molar-refractivity contribution < 1.29 is 46.2 Å². The lowest BCUT2D eigenvalue weighted by Gasteiger charge is -2.47. The summed E-state index contributed by atoms with van der Waals surface area (Å²) in [5.74, 6) is -0.0834. The van der Waals surface area contributed by atoms with E-state index in [0.717, 1.165) is 30.2 Å². The fourth-order valence-electron chi connectivity index (χ4n) is 7.34. The Hall–Kier alpha value is -1.25. The molecule has 0 fully saturated rings. The van der Waals surface area contributed by atoms with Crippen LogP contribution in [-0.4, -0.2) is 108 Å². The zero-order chi connectivity index (χ0) is 49.5. The number of aromatic nitrogens is 1. The Morgan fingerprint density at radius 3 is 1.83 bits per heavy atom. The van der Waals surface area contributed by atoms with Crippen LogP contribution >= 0.6 is 0 Å². The van der Waals surface area contributed by atoms with Crippen molar-refractivity contribution in [2.45, 2.75) is 226 Å². The number of carboxylic acid groups (broad SMARTS) is 1. The number of methoxy groups -OCH3 is 3. The van der Waals surface area contributed by atoms with Gasteiger partial charge in [0, 0.05) is 52.1 Å². The molecule has 1 aromatic rings. The van der Waals surface area contributed by atoms with Gasteiger partial charge in [-0.05, 0) is 86.9 Å². The molecule has 1 heterocycles. The van der Waals surface area contributed by atoms with Crippen molar-refractivity contribution in [3.05, 3.63) is 42.2 Å². The van der Waals surface area contributed by atoms with E-state index in [0.29, 0.717) is 31.8 Å². The normalized spacial score (nSPS) is 17.5. The largest absolute Gasteiger partial charge is 0.481 e. The first-order valence-electron chi connectivity index (χ1n) is 24.0. The van der Waals surface area contributed by atoms with Gasteiger partial charge in [0.25, 0.3) is 0 Å². The van der Waals surface area contributed by atoms with Crippen molar-refractivity contribution >= 4 is 39.2 Å². The Morgan fingerprint density at radius 2 is 1.36 bits per heavy atom. The number of hydrogen-bond donors (Lipinski definition) is 1. The number of hydrogen-bond acceptors (Lipinski definition) is 10.